The zero-order valence-corrected chi connectivity index (χ0v) is 14.1. The van der Waals surface area contributed by atoms with E-state index in [1.807, 2.05) is 30.3 Å². The largest absolute Gasteiger partial charge is 0.355 e. The molecule has 0 bridgehead atoms. The van der Waals surface area contributed by atoms with Crippen LogP contribution >= 0.6 is 0 Å². The van der Waals surface area contributed by atoms with Crippen molar-refractivity contribution in [1.29, 1.82) is 0 Å². The molecule has 1 N–H and O–H groups in total. The van der Waals surface area contributed by atoms with Gasteiger partial charge < -0.3 is 9.84 Å². The second kappa shape index (κ2) is 6.71. The number of halogens is 1. The van der Waals surface area contributed by atoms with Crippen LogP contribution in [-0.2, 0) is 16.6 Å². The monoisotopic (exact) mass is 351 g/mol. The van der Waals surface area contributed by atoms with Crippen molar-refractivity contribution in [2.45, 2.75) is 24.7 Å². The number of rotatable bonds is 6. The molecule has 1 aromatic heterocycles. The molecule has 4 rings (SSSR count). The van der Waals surface area contributed by atoms with Gasteiger partial charge in [-0.2, -0.15) is 4.98 Å². The summed E-state index contributed by atoms with van der Waals surface area (Å²) in [6.45, 7) is 0.415. The molecule has 132 valence electrons. The first-order valence-electron chi connectivity index (χ1n) is 8.60. The average Bonchev–Trinajstić information content (AvgIpc) is 3.35. The molecule has 5 nitrogen and oxygen atoms in total. The van der Waals surface area contributed by atoms with Crippen LogP contribution in [0.2, 0.25) is 0 Å². The van der Waals surface area contributed by atoms with E-state index in [0.29, 0.717) is 24.7 Å². The maximum atomic E-state index is 13.1. The normalized spacial score (nSPS) is 14.8. The number of nitrogens with zero attached hydrogens (tertiary/aromatic N) is 2. The van der Waals surface area contributed by atoms with Crippen molar-refractivity contribution in [2.75, 3.05) is 6.54 Å². The molecule has 0 radical (unpaired) electrons. The Bertz CT molecular complexity index is 902. The molecule has 1 amide bonds. The number of aromatic nitrogens is 2. The van der Waals surface area contributed by atoms with Gasteiger partial charge in [0.1, 0.15) is 5.82 Å². The Kier molecular flexibility index (Phi) is 4.24. The predicted molar refractivity (Wildman–Crippen MR) is 93.8 cm³/mol. The Morgan fingerprint density at radius 3 is 2.54 bits per heavy atom. The van der Waals surface area contributed by atoms with Crippen molar-refractivity contribution < 1.29 is 13.7 Å². The van der Waals surface area contributed by atoms with Crippen molar-refractivity contribution in [3.05, 3.63) is 71.9 Å². The van der Waals surface area contributed by atoms with Crippen molar-refractivity contribution in [1.82, 2.24) is 15.5 Å². The van der Waals surface area contributed by atoms with Gasteiger partial charge in [0.25, 0.3) is 0 Å². The zero-order valence-electron chi connectivity index (χ0n) is 14.1. The Balaban J connectivity index is 1.34. The summed E-state index contributed by atoms with van der Waals surface area (Å²) in [6.07, 6.45) is 2.03. The first-order chi connectivity index (χ1) is 12.7. The summed E-state index contributed by atoms with van der Waals surface area (Å²) >= 11 is 0. The van der Waals surface area contributed by atoms with Gasteiger partial charge in [0.15, 0.2) is 0 Å². The average molecular weight is 351 g/mol. The summed E-state index contributed by atoms with van der Waals surface area (Å²) in [5, 5.41) is 6.90. The summed E-state index contributed by atoms with van der Waals surface area (Å²) in [5.41, 5.74) is 1.23. The highest BCUT2D eigenvalue weighted by atomic mass is 19.1. The maximum absolute atomic E-state index is 13.1. The molecule has 0 saturated heterocycles. The standard InChI is InChI=1S/C20H18FN3O2/c21-16-8-6-15(7-9-16)20(11-12-20)19(25)22-13-10-17-23-18(24-26-17)14-4-2-1-3-5-14/h1-9H,10-13H2,(H,22,25). The third-order valence-electron chi connectivity index (χ3n) is 4.71. The number of carbonyl (C=O) groups is 1. The molecule has 0 spiro atoms. The first-order valence-corrected chi connectivity index (χ1v) is 8.60. The molecule has 3 aromatic rings. The first kappa shape index (κ1) is 16.4. The highest BCUT2D eigenvalue weighted by Crippen LogP contribution is 2.48. The van der Waals surface area contributed by atoms with Gasteiger partial charge in [0.05, 0.1) is 5.41 Å². The lowest BCUT2D eigenvalue weighted by Crippen LogP contribution is -2.36. The van der Waals surface area contributed by atoms with Crippen LogP contribution in [0.5, 0.6) is 0 Å². The lowest BCUT2D eigenvalue weighted by Gasteiger charge is -2.15. The van der Waals surface area contributed by atoms with Crippen LogP contribution in [0.15, 0.2) is 59.1 Å². The lowest BCUT2D eigenvalue weighted by molar-refractivity contribution is -0.123. The molecular formula is C20H18FN3O2. The van der Waals surface area contributed by atoms with E-state index >= 15 is 0 Å². The Labute approximate surface area is 150 Å². The van der Waals surface area contributed by atoms with Crippen molar-refractivity contribution >= 4 is 5.91 Å². The zero-order chi connectivity index (χ0) is 18.0. The van der Waals surface area contributed by atoms with Crippen LogP contribution in [0.1, 0.15) is 24.3 Å². The highest BCUT2D eigenvalue weighted by molar-refractivity contribution is 5.91. The maximum Gasteiger partial charge on any atom is 0.230 e. The van der Waals surface area contributed by atoms with Crippen molar-refractivity contribution in [3.8, 4) is 11.4 Å². The Hall–Kier alpha value is -3.02. The fourth-order valence-electron chi connectivity index (χ4n) is 3.05. The minimum Gasteiger partial charge on any atom is -0.355 e. The second-order valence-corrected chi connectivity index (χ2v) is 6.47. The van der Waals surface area contributed by atoms with Crippen molar-refractivity contribution in [2.24, 2.45) is 0 Å². The quantitative estimate of drug-likeness (QED) is 0.740. The number of hydrogen-bond acceptors (Lipinski definition) is 4. The molecule has 26 heavy (non-hydrogen) atoms. The molecule has 1 aliphatic rings. The van der Waals surface area contributed by atoms with Crippen LogP contribution in [0.4, 0.5) is 4.39 Å². The molecule has 1 saturated carbocycles. The van der Waals surface area contributed by atoms with Gasteiger partial charge in [-0.05, 0) is 30.5 Å². The van der Waals surface area contributed by atoms with Crippen LogP contribution in [0.25, 0.3) is 11.4 Å². The van der Waals surface area contributed by atoms with E-state index in [-0.39, 0.29) is 11.7 Å². The number of benzene rings is 2. The van der Waals surface area contributed by atoms with E-state index in [1.165, 1.54) is 12.1 Å². The van der Waals surface area contributed by atoms with Crippen LogP contribution in [-0.4, -0.2) is 22.6 Å². The van der Waals surface area contributed by atoms with E-state index in [1.54, 1.807) is 12.1 Å². The second-order valence-electron chi connectivity index (χ2n) is 6.47. The van der Waals surface area contributed by atoms with Gasteiger partial charge in [-0.3, -0.25) is 4.79 Å². The van der Waals surface area contributed by atoms with Gasteiger partial charge in [0.2, 0.25) is 17.6 Å². The summed E-state index contributed by atoms with van der Waals surface area (Å²) in [6, 6.07) is 15.7. The number of carbonyl (C=O) groups excluding carboxylic acids is 1. The fourth-order valence-corrected chi connectivity index (χ4v) is 3.05. The minimum atomic E-state index is -0.516. The Morgan fingerprint density at radius 2 is 1.85 bits per heavy atom. The van der Waals surface area contributed by atoms with Gasteiger partial charge in [0, 0.05) is 18.5 Å². The Morgan fingerprint density at radius 1 is 1.12 bits per heavy atom. The summed E-state index contributed by atoms with van der Waals surface area (Å²) in [5.74, 6) is 0.690. The van der Waals surface area contributed by atoms with Gasteiger partial charge in [-0.1, -0.05) is 47.6 Å². The van der Waals surface area contributed by atoms with Crippen molar-refractivity contribution in [3.63, 3.8) is 0 Å². The van der Waals surface area contributed by atoms with E-state index < -0.39 is 5.41 Å². The van der Waals surface area contributed by atoms with Crippen LogP contribution in [0.3, 0.4) is 0 Å². The van der Waals surface area contributed by atoms with Crippen LogP contribution in [0, 0.1) is 5.82 Å². The van der Waals surface area contributed by atoms with Gasteiger partial charge >= 0.3 is 0 Å². The number of hydrogen-bond donors (Lipinski definition) is 1. The smallest absolute Gasteiger partial charge is 0.230 e. The molecule has 2 aromatic carbocycles. The van der Waals surface area contributed by atoms with Gasteiger partial charge in [-0.15, -0.1) is 0 Å². The molecule has 1 heterocycles. The topological polar surface area (TPSA) is 68.0 Å². The van der Waals surface area contributed by atoms with E-state index in [0.717, 1.165) is 24.0 Å². The lowest BCUT2D eigenvalue weighted by atomic mass is 9.95. The summed E-state index contributed by atoms with van der Waals surface area (Å²) < 4.78 is 18.3. The third-order valence-corrected chi connectivity index (χ3v) is 4.71. The summed E-state index contributed by atoms with van der Waals surface area (Å²) in [7, 11) is 0. The molecule has 0 atom stereocenters. The number of nitrogens with one attached hydrogen (secondary N) is 1. The fraction of sp³-hybridized carbons (Fsp3) is 0.250. The molecule has 0 unspecified atom stereocenters. The van der Waals surface area contributed by atoms with E-state index in [2.05, 4.69) is 15.5 Å². The molecule has 6 heteroatoms. The molecule has 0 aliphatic heterocycles. The molecular weight excluding hydrogens is 333 g/mol. The molecule has 1 fully saturated rings. The third kappa shape index (κ3) is 3.22. The van der Waals surface area contributed by atoms with Gasteiger partial charge in [-0.25, -0.2) is 4.39 Å². The SMILES string of the molecule is O=C(NCCc1nc(-c2ccccc2)no1)C1(c2ccc(F)cc2)CC1. The summed E-state index contributed by atoms with van der Waals surface area (Å²) in [4.78, 5) is 16.9. The number of amides is 1. The van der Waals surface area contributed by atoms with E-state index in [4.69, 9.17) is 4.52 Å². The predicted octanol–water partition coefficient (Wildman–Crippen LogP) is 3.27. The van der Waals surface area contributed by atoms with Crippen LogP contribution < -0.4 is 5.32 Å². The minimum absolute atomic E-state index is 0.0353. The molecule has 1 aliphatic carbocycles. The van der Waals surface area contributed by atoms with E-state index in [9.17, 15) is 9.18 Å². The highest BCUT2D eigenvalue weighted by Gasteiger charge is 2.51.